The van der Waals surface area contributed by atoms with E-state index in [4.69, 9.17) is 15.5 Å². The van der Waals surface area contributed by atoms with E-state index in [1.54, 1.807) is 13.2 Å². The van der Waals surface area contributed by atoms with Gasteiger partial charge in [0.25, 0.3) is 5.91 Å². The van der Waals surface area contributed by atoms with Gasteiger partial charge in [-0.1, -0.05) is 18.2 Å². The molecule has 2 aliphatic carbocycles. The number of aryl methyl sites for hydroxylation is 1. The van der Waals surface area contributed by atoms with Crippen LogP contribution in [0.25, 0.3) is 44.6 Å². The van der Waals surface area contributed by atoms with Crippen molar-refractivity contribution < 1.29 is 19.0 Å². The Balaban J connectivity index is 1.24. The SMILES string of the molecule is COc1cc(C(=O)N2C[C@H]3CC[C@@H]2[C@@H]3N)cc2nc(-c3cc4ccc(-c5ccc(O)c(F)c5)cc4n3CC3CC3)n(C)c12. The van der Waals surface area contributed by atoms with Gasteiger partial charge in [-0.05, 0) is 85.0 Å². The number of nitrogens with zero attached hydrogens (tertiary/aromatic N) is 4. The Morgan fingerprint density at radius 1 is 1.07 bits per heavy atom. The highest BCUT2D eigenvalue weighted by Crippen LogP contribution is 2.41. The van der Waals surface area contributed by atoms with E-state index in [0.717, 1.165) is 52.9 Å². The van der Waals surface area contributed by atoms with Gasteiger partial charge in [-0.25, -0.2) is 9.37 Å². The number of piperidine rings is 1. The maximum absolute atomic E-state index is 14.2. The maximum Gasteiger partial charge on any atom is 0.254 e. The van der Waals surface area contributed by atoms with E-state index in [1.807, 2.05) is 34.7 Å². The minimum atomic E-state index is -0.641. The minimum Gasteiger partial charge on any atom is -0.505 e. The van der Waals surface area contributed by atoms with Crippen LogP contribution in [0.5, 0.6) is 11.5 Å². The molecule has 3 N–H and O–H groups in total. The first-order chi connectivity index (χ1) is 20.8. The number of amides is 1. The number of carbonyl (C=O) groups is 1. The van der Waals surface area contributed by atoms with E-state index in [9.17, 15) is 14.3 Å². The smallest absolute Gasteiger partial charge is 0.254 e. The van der Waals surface area contributed by atoms with Crippen molar-refractivity contribution >= 4 is 27.8 Å². The van der Waals surface area contributed by atoms with Crippen LogP contribution in [-0.2, 0) is 13.6 Å². The maximum atomic E-state index is 14.2. The van der Waals surface area contributed by atoms with E-state index in [1.165, 1.54) is 25.0 Å². The van der Waals surface area contributed by atoms with Crippen molar-refractivity contribution in [3.05, 3.63) is 66.0 Å². The molecule has 8 nitrogen and oxygen atoms in total. The molecule has 3 fully saturated rings. The quantitative estimate of drug-likeness (QED) is 0.270. The zero-order valence-corrected chi connectivity index (χ0v) is 24.3. The molecular formula is C34H34FN5O3. The molecule has 0 spiro atoms. The first-order valence-electron chi connectivity index (χ1n) is 15.0. The predicted octanol–water partition coefficient (Wildman–Crippen LogP) is 5.69. The average Bonchev–Trinajstić information content (AvgIpc) is 3.42. The van der Waals surface area contributed by atoms with Crippen molar-refractivity contribution in [2.24, 2.45) is 24.6 Å². The number of hydrogen-bond acceptors (Lipinski definition) is 5. The number of carbonyl (C=O) groups excluding carboxylic acids is 1. The Morgan fingerprint density at radius 2 is 1.86 bits per heavy atom. The summed E-state index contributed by atoms with van der Waals surface area (Å²) in [7, 11) is 3.61. The van der Waals surface area contributed by atoms with Gasteiger partial charge in [-0.3, -0.25) is 4.79 Å². The number of rotatable bonds is 6. The van der Waals surface area contributed by atoms with Crippen LogP contribution in [0.3, 0.4) is 0 Å². The summed E-state index contributed by atoms with van der Waals surface area (Å²) in [5.74, 6) is 1.35. The van der Waals surface area contributed by atoms with Crippen LogP contribution >= 0.6 is 0 Å². The third-order valence-electron chi connectivity index (χ3n) is 9.87. The third kappa shape index (κ3) is 4.12. The lowest BCUT2D eigenvalue weighted by Crippen LogP contribution is -2.41. The highest BCUT2D eigenvalue weighted by atomic mass is 19.1. The second kappa shape index (κ2) is 9.57. The average molecular weight is 580 g/mol. The lowest BCUT2D eigenvalue weighted by atomic mass is 10.0. The van der Waals surface area contributed by atoms with Crippen LogP contribution in [0.2, 0.25) is 0 Å². The van der Waals surface area contributed by atoms with Crippen molar-refractivity contribution in [2.45, 2.75) is 44.3 Å². The molecule has 9 heteroatoms. The Morgan fingerprint density at radius 3 is 2.56 bits per heavy atom. The van der Waals surface area contributed by atoms with Crippen molar-refractivity contribution in [3.63, 3.8) is 0 Å². The van der Waals surface area contributed by atoms with Crippen LogP contribution in [0, 0.1) is 17.7 Å². The van der Waals surface area contributed by atoms with Gasteiger partial charge in [-0.2, -0.15) is 0 Å². The van der Waals surface area contributed by atoms with Gasteiger partial charge >= 0.3 is 0 Å². The topological polar surface area (TPSA) is 98.5 Å². The molecule has 5 aromatic rings. The Kier molecular flexibility index (Phi) is 5.85. The summed E-state index contributed by atoms with van der Waals surface area (Å²) in [6.45, 7) is 1.56. The molecule has 3 aliphatic rings. The molecule has 0 radical (unpaired) electrons. The highest BCUT2D eigenvalue weighted by molar-refractivity contribution is 6.00. The Labute approximate surface area is 248 Å². The van der Waals surface area contributed by atoms with Crippen molar-refractivity contribution in [2.75, 3.05) is 13.7 Å². The molecule has 1 saturated heterocycles. The molecule has 1 aliphatic heterocycles. The number of imidazole rings is 1. The summed E-state index contributed by atoms with van der Waals surface area (Å²) >= 11 is 0. The molecule has 1 amide bonds. The van der Waals surface area contributed by atoms with Gasteiger partial charge < -0.3 is 29.6 Å². The van der Waals surface area contributed by atoms with Crippen molar-refractivity contribution in [1.29, 1.82) is 0 Å². The number of hydrogen-bond donors (Lipinski definition) is 2. The van der Waals surface area contributed by atoms with E-state index >= 15 is 0 Å². The molecule has 3 heterocycles. The van der Waals surface area contributed by atoms with E-state index in [2.05, 4.69) is 22.8 Å². The molecule has 8 rings (SSSR count). The molecule has 3 aromatic carbocycles. The monoisotopic (exact) mass is 579 g/mol. The Bertz CT molecular complexity index is 1940. The van der Waals surface area contributed by atoms with Gasteiger partial charge in [0.15, 0.2) is 17.4 Å². The number of aromatic nitrogens is 3. The fourth-order valence-electron chi connectivity index (χ4n) is 7.33. The lowest BCUT2D eigenvalue weighted by Gasteiger charge is -2.27. The van der Waals surface area contributed by atoms with Crippen LogP contribution in [-0.4, -0.2) is 55.8 Å². The number of benzene rings is 3. The molecule has 220 valence electrons. The number of phenolic OH excluding ortho intramolecular Hbond substituents is 1. The van der Waals surface area contributed by atoms with E-state index in [-0.39, 0.29) is 23.7 Å². The Hall–Kier alpha value is -4.37. The first-order valence-corrected chi connectivity index (χ1v) is 15.0. The summed E-state index contributed by atoms with van der Waals surface area (Å²) in [6.07, 6.45) is 4.42. The summed E-state index contributed by atoms with van der Waals surface area (Å²) in [6, 6.07) is 16.6. The number of ether oxygens (including phenoxy) is 1. The predicted molar refractivity (Wildman–Crippen MR) is 164 cm³/mol. The molecular weight excluding hydrogens is 545 g/mol. The summed E-state index contributed by atoms with van der Waals surface area (Å²) in [5, 5.41) is 10.7. The largest absolute Gasteiger partial charge is 0.505 e. The standard InChI is InChI=1S/C34H34FN5O3/c1-38-32-25(12-23(15-30(32)43-2)34(42)40-17-22-7-9-26(40)31(22)36)37-33(38)28-14-21-6-5-20(19-8-10-29(41)24(35)11-19)13-27(21)39(28)16-18-3-4-18/h5-6,8,10-15,18,22,26,31,41H,3-4,7,9,16-17,36H2,1-2H3/t22-,26-,31-/m1/s1. The number of fused-ring (bicyclic) bond motifs is 4. The van der Waals surface area contributed by atoms with Crippen LogP contribution in [0.15, 0.2) is 54.6 Å². The van der Waals surface area contributed by atoms with Gasteiger partial charge in [0.2, 0.25) is 0 Å². The normalized spacial score (nSPS) is 21.4. The number of aromatic hydroxyl groups is 1. The second-order valence-corrected chi connectivity index (χ2v) is 12.5. The molecule has 43 heavy (non-hydrogen) atoms. The van der Waals surface area contributed by atoms with Gasteiger partial charge in [0.1, 0.15) is 11.3 Å². The van der Waals surface area contributed by atoms with Crippen LogP contribution in [0.1, 0.15) is 36.0 Å². The van der Waals surface area contributed by atoms with Gasteiger partial charge in [0.05, 0.1) is 18.3 Å². The molecule has 2 saturated carbocycles. The van der Waals surface area contributed by atoms with E-state index in [0.29, 0.717) is 40.8 Å². The van der Waals surface area contributed by atoms with Crippen molar-refractivity contribution in [3.8, 4) is 34.1 Å². The van der Waals surface area contributed by atoms with Crippen LogP contribution in [0.4, 0.5) is 4.39 Å². The molecule has 2 bridgehead atoms. The summed E-state index contributed by atoms with van der Waals surface area (Å²) in [5.41, 5.74) is 12.1. The number of phenols is 1. The fourth-order valence-corrected chi connectivity index (χ4v) is 7.33. The van der Waals surface area contributed by atoms with Gasteiger partial charge in [-0.15, -0.1) is 0 Å². The highest BCUT2D eigenvalue weighted by Gasteiger charge is 2.47. The number of likely N-dealkylation sites (tertiary alicyclic amines) is 1. The van der Waals surface area contributed by atoms with Crippen LogP contribution < -0.4 is 10.5 Å². The zero-order chi connectivity index (χ0) is 29.6. The molecule has 0 unspecified atom stereocenters. The van der Waals surface area contributed by atoms with E-state index < -0.39 is 5.82 Å². The number of methoxy groups -OCH3 is 1. The first kappa shape index (κ1) is 26.3. The second-order valence-electron chi connectivity index (χ2n) is 12.5. The van der Waals surface area contributed by atoms with Crippen molar-refractivity contribution in [1.82, 2.24) is 19.0 Å². The third-order valence-corrected chi connectivity index (χ3v) is 9.87. The molecule has 2 aromatic heterocycles. The zero-order valence-electron chi connectivity index (χ0n) is 24.3. The van der Waals surface area contributed by atoms with Gasteiger partial charge in [0, 0.05) is 48.7 Å². The fraction of sp³-hybridized carbons (Fsp3) is 0.353. The summed E-state index contributed by atoms with van der Waals surface area (Å²) < 4.78 is 24.4. The lowest BCUT2D eigenvalue weighted by molar-refractivity contribution is 0.0700. The molecule has 3 atom stereocenters. The minimum absolute atomic E-state index is 0.0175. The number of nitrogens with two attached hydrogens (primary N) is 1. The number of halogens is 1. The summed E-state index contributed by atoms with van der Waals surface area (Å²) in [4.78, 5) is 20.7.